The molecule has 2 aromatic carbocycles. The molecule has 0 saturated heterocycles. The maximum Gasteiger partial charge on any atom is 0.339 e. The van der Waals surface area contributed by atoms with Crippen molar-refractivity contribution in [3.63, 3.8) is 0 Å². The van der Waals surface area contributed by atoms with Gasteiger partial charge in [0.15, 0.2) is 0 Å². The number of carboxylic acid groups (broad SMARTS) is 2. The van der Waals surface area contributed by atoms with E-state index in [1.54, 1.807) is 0 Å². The van der Waals surface area contributed by atoms with Crippen LogP contribution >= 0.6 is 0 Å². The summed E-state index contributed by atoms with van der Waals surface area (Å²) in [6.07, 6.45) is 10.6. The minimum atomic E-state index is -1.29. The van der Waals surface area contributed by atoms with E-state index >= 15 is 0 Å². The highest BCUT2D eigenvalue weighted by atomic mass is 16.6. The molecule has 0 atom stereocenters. The van der Waals surface area contributed by atoms with Gasteiger partial charge in [0.05, 0.1) is 0 Å². The Morgan fingerprint density at radius 2 is 0.943 bits per heavy atom. The molecule has 0 aliphatic carbocycles. The molecule has 8 heteroatoms. The van der Waals surface area contributed by atoms with Gasteiger partial charge in [-0.05, 0) is 24.3 Å². The monoisotopic (exact) mass is 486 g/mol. The first-order valence-electron chi connectivity index (χ1n) is 11.9. The highest BCUT2D eigenvalue weighted by Crippen LogP contribution is 2.20. The van der Waals surface area contributed by atoms with Crippen molar-refractivity contribution in [2.45, 2.75) is 71.6 Å². The number of para-hydroxylation sites is 2. The van der Waals surface area contributed by atoms with E-state index in [0.29, 0.717) is 0 Å². The summed E-state index contributed by atoms with van der Waals surface area (Å²) >= 11 is 0. The van der Waals surface area contributed by atoms with Crippen LogP contribution in [0.1, 0.15) is 92.4 Å². The van der Waals surface area contributed by atoms with Crippen LogP contribution in [-0.2, 0) is 9.59 Å². The second kappa shape index (κ2) is 16.9. The summed E-state index contributed by atoms with van der Waals surface area (Å²) in [5.74, 6) is -5.07. The van der Waals surface area contributed by atoms with Crippen molar-refractivity contribution in [1.29, 1.82) is 0 Å². The van der Waals surface area contributed by atoms with Crippen LogP contribution in [-0.4, -0.2) is 34.1 Å². The number of aromatic carboxylic acids is 2. The lowest BCUT2D eigenvalue weighted by Crippen LogP contribution is -2.19. The fraction of sp³-hybridized carbons (Fsp3) is 0.407. The van der Waals surface area contributed by atoms with E-state index in [0.717, 1.165) is 0 Å². The predicted molar refractivity (Wildman–Crippen MR) is 131 cm³/mol. The molecule has 190 valence electrons. The summed E-state index contributed by atoms with van der Waals surface area (Å²) in [6, 6.07) is 10.9. The third-order valence-corrected chi connectivity index (χ3v) is 4.93. The van der Waals surface area contributed by atoms with E-state index in [1.165, 1.54) is 99.9 Å². The largest absolute Gasteiger partial charge is 0.478 e. The number of esters is 2. The normalized spacial score (nSPS) is 10.0. The maximum absolute atomic E-state index is 11.8. The Hall–Kier alpha value is -3.68. The number of benzene rings is 2. The summed E-state index contributed by atoms with van der Waals surface area (Å²) in [5.41, 5.74) is -0.471. The molecule has 0 aliphatic rings. The molecule has 8 nitrogen and oxygen atoms in total. The quantitative estimate of drug-likeness (QED) is 0.150. The van der Waals surface area contributed by atoms with Gasteiger partial charge in [-0.2, -0.15) is 0 Å². The van der Waals surface area contributed by atoms with Crippen LogP contribution in [0.15, 0.2) is 48.5 Å². The summed E-state index contributed by atoms with van der Waals surface area (Å²) in [4.78, 5) is 45.6. The highest BCUT2D eigenvalue weighted by molar-refractivity contribution is 5.97. The van der Waals surface area contributed by atoms with Gasteiger partial charge >= 0.3 is 23.9 Å². The molecular weight excluding hydrogens is 452 g/mol. The van der Waals surface area contributed by atoms with Crippen LogP contribution in [0.25, 0.3) is 0 Å². The first-order valence-corrected chi connectivity index (χ1v) is 11.9. The first kappa shape index (κ1) is 29.4. The van der Waals surface area contributed by atoms with E-state index in [9.17, 15) is 19.2 Å². The van der Waals surface area contributed by atoms with Gasteiger partial charge in [-0.15, -0.1) is 0 Å². The zero-order valence-corrected chi connectivity index (χ0v) is 20.3. The summed E-state index contributed by atoms with van der Waals surface area (Å²) in [7, 11) is 0. The molecule has 35 heavy (non-hydrogen) atoms. The van der Waals surface area contributed by atoms with E-state index < -0.39 is 30.3 Å². The van der Waals surface area contributed by atoms with Crippen LogP contribution in [0, 0.1) is 0 Å². The highest BCUT2D eigenvalue weighted by Gasteiger charge is 2.19. The molecule has 0 radical (unpaired) electrons. The van der Waals surface area contributed by atoms with E-state index in [-0.39, 0.29) is 22.6 Å². The minimum Gasteiger partial charge on any atom is -0.478 e. The predicted octanol–water partition coefficient (Wildman–Crippen LogP) is 6.13. The Morgan fingerprint density at radius 3 is 1.29 bits per heavy atom. The summed E-state index contributed by atoms with van der Waals surface area (Å²) in [6.45, 7) is 4.54. The van der Waals surface area contributed by atoms with E-state index in [1.807, 2.05) is 0 Å². The number of carboxylic acids is 2. The summed E-state index contributed by atoms with van der Waals surface area (Å²) < 4.78 is 9.71. The fourth-order valence-corrected chi connectivity index (χ4v) is 3.11. The van der Waals surface area contributed by atoms with Gasteiger partial charge < -0.3 is 19.7 Å². The van der Waals surface area contributed by atoms with Gasteiger partial charge in [0.25, 0.3) is 0 Å². The van der Waals surface area contributed by atoms with E-state index in [2.05, 4.69) is 13.8 Å². The van der Waals surface area contributed by atoms with Crippen molar-refractivity contribution in [3.8, 4) is 11.5 Å². The lowest BCUT2D eigenvalue weighted by molar-refractivity contribution is -0.144. The Kier molecular flexibility index (Phi) is 14.1. The minimum absolute atomic E-state index is 0.210. The Labute approximate surface area is 205 Å². The van der Waals surface area contributed by atoms with Crippen LogP contribution in [0.2, 0.25) is 0 Å². The number of carbonyl (C=O) groups is 4. The third-order valence-electron chi connectivity index (χ3n) is 4.93. The molecular formula is C27H34O8. The molecule has 0 saturated carbocycles. The standard InChI is InChI=1S/C17H12O8.C10H22/c18-14(24-12-7-3-1-5-10(12)16(20)21)9-15(19)25-13-8-4-2-6-11(13)17(22)23;1-3-5-7-9-10-8-6-4-2/h1-8H,9H2,(H,20,21)(H,22,23);3-10H2,1-2H3. The number of hydrogen-bond donors (Lipinski definition) is 2. The SMILES string of the molecule is CCCCCCCCCC.O=C(CC(=O)Oc1ccccc1C(=O)O)Oc1ccccc1C(=O)O. The van der Waals surface area contributed by atoms with Crippen LogP contribution in [0.5, 0.6) is 11.5 Å². The van der Waals surface area contributed by atoms with Gasteiger partial charge in [0.1, 0.15) is 29.0 Å². The molecule has 0 amide bonds. The van der Waals surface area contributed by atoms with Gasteiger partial charge in [0, 0.05) is 0 Å². The summed E-state index contributed by atoms with van der Waals surface area (Å²) in [5, 5.41) is 18.0. The van der Waals surface area contributed by atoms with E-state index in [4.69, 9.17) is 19.7 Å². The molecule has 0 bridgehead atoms. The van der Waals surface area contributed by atoms with Crippen molar-refractivity contribution in [1.82, 2.24) is 0 Å². The Balaban J connectivity index is 0.000000518. The molecule has 2 rings (SSSR count). The van der Waals surface area contributed by atoms with Crippen molar-refractivity contribution in [2.24, 2.45) is 0 Å². The molecule has 0 aliphatic heterocycles. The molecule has 0 spiro atoms. The van der Waals surface area contributed by atoms with Gasteiger partial charge in [-0.25, -0.2) is 9.59 Å². The zero-order chi connectivity index (χ0) is 26.1. The van der Waals surface area contributed by atoms with Crippen molar-refractivity contribution >= 4 is 23.9 Å². The number of ether oxygens (including phenoxy) is 2. The van der Waals surface area contributed by atoms with Gasteiger partial charge in [-0.1, -0.05) is 89.5 Å². The van der Waals surface area contributed by atoms with Crippen LogP contribution < -0.4 is 9.47 Å². The van der Waals surface area contributed by atoms with Crippen LogP contribution in [0.4, 0.5) is 0 Å². The lowest BCUT2D eigenvalue weighted by atomic mass is 10.1. The molecule has 2 N–H and O–H groups in total. The lowest BCUT2D eigenvalue weighted by Gasteiger charge is -2.08. The average Bonchev–Trinajstić information content (AvgIpc) is 2.82. The van der Waals surface area contributed by atoms with Crippen molar-refractivity contribution < 1.29 is 38.9 Å². The third kappa shape index (κ3) is 11.8. The number of unbranched alkanes of at least 4 members (excludes halogenated alkanes) is 7. The molecule has 2 aromatic rings. The average molecular weight is 487 g/mol. The molecule has 0 aromatic heterocycles. The second-order valence-corrected chi connectivity index (χ2v) is 7.85. The maximum atomic E-state index is 11.8. The molecule has 0 heterocycles. The zero-order valence-electron chi connectivity index (χ0n) is 20.3. The molecule has 0 unspecified atom stereocenters. The van der Waals surface area contributed by atoms with Gasteiger partial charge in [0.2, 0.25) is 0 Å². The number of carbonyl (C=O) groups excluding carboxylic acids is 2. The first-order chi connectivity index (χ1) is 16.8. The Morgan fingerprint density at radius 1 is 0.600 bits per heavy atom. The number of rotatable bonds is 13. The fourth-order valence-electron chi connectivity index (χ4n) is 3.11. The smallest absolute Gasteiger partial charge is 0.339 e. The molecule has 0 fully saturated rings. The number of hydrogen-bond acceptors (Lipinski definition) is 6. The van der Waals surface area contributed by atoms with Crippen molar-refractivity contribution in [2.75, 3.05) is 0 Å². The van der Waals surface area contributed by atoms with Crippen molar-refractivity contribution in [3.05, 3.63) is 59.7 Å². The van der Waals surface area contributed by atoms with Crippen LogP contribution in [0.3, 0.4) is 0 Å². The Bertz CT molecular complexity index is 890. The topological polar surface area (TPSA) is 127 Å². The van der Waals surface area contributed by atoms with Gasteiger partial charge in [-0.3, -0.25) is 9.59 Å². The second-order valence-electron chi connectivity index (χ2n) is 7.85.